The lowest BCUT2D eigenvalue weighted by atomic mass is 10.1. The number of nitrogens with two attached hydrogens (primary N) is 2. The zero-order valence-electron chi connectivity index (χ0n) is 14.0. The molecule has 0 saturated carbocycles. The summed E-state index contributed by atoms with van der Waals surface area (Å²) in [6.45, 7) is 0.408. The topological polar surface area (TPSA) is 123 Å². The van der Waals surface area contributed by atoms with Crippen LogP contribution in [0.4, 0.5) is 4.79 Å². The highest BCUT2D eigenvalue weighted by molar-refractivity contribution is 9.11. The van der Waals surface area contributed by atoms with E-state index in [0.717, 1.165) is 19.4 Å². The molecule has 1 unspecified atom stereocenters. The van der Waals surface area contributed by atoms with Gasteiger partial charge in [-0.15, -0.1) is 0 Å². The van der Waals surface area contributed by atoms with Gasteiger partial charge >= 0.3 is 6.03 Å². The molecule has 1 fully saturated rings. The highest BCUT2D eigenvalue weighted by Crippen LogP contribution is 2.34. The summed E-state index contributed by atoms with van der Waals surface area (Å²) in [6, 6.07) is 2.62. The van der Waals surface area contributed by atoms with Crippen LogP contribution in [0, 0.1) is 0 Å². The largest absolute Gasteiger partial charge is 0.494 e. The molecule has 0 spiro atoms. The van der Waals surface area contributed by atoms with Gasteiger partial charge in [-0.05, 0) is 68.5 Å². The Morgan fingerprint density at radius 3 is 2.58 bits per heavy atom. The third kappa shape index (κ3) is 4.98. The molecule has 10 heteroatoms. The first-order valence-corrected chi connectivity index (χ1v) is 9.32. The number of rotatable bonds is 7. The standard InChI is InChI=1S/C16H19Br2N5O3/c1-26-13-10(17)7-9(8-11(13)18)4-6-23-14(24)12(22-16(23)25)3-2-5-21-15(19)20/h4,6-8,12H,2-3,5H2,1H3,(H,22,25)(H4,19,20,21)/b6-4+. The summed E-state index contributed by atoms with van der Waals surface area (Å²) in [7, 11) is 1.57. The van der Waals surface area contributed by atoms with E-state index < -0.39 is 12.1 Å². The lowest BCUT2D eigenvalue weighted by molar-refractivity contribution is -0.125. The van der Waals surface area contributed by atoms with Crippen LogP contribution in [0.3, 0.4) is 0 Å². The average Bonchev–Trinajstić information content (AvgIpc) is 2.83. The van der Waals surface area contributed by atoms with E-state index in [1.54, 1.807) is 13.2 Å². The van der Waals surface area contributed by atoms with Crippen molar-refractivity contribution in [1.82, 2.24) is 10.2 Å². The monoisotopic (exact) mass is 487 g/mol. The van der Waals surface area contributed by atoms with Crippen LogP contribution in [-0.2, 0) is 4.79 Å². The van der Waals surface area contributed by atoms with Crippen molar-refractivity contribution < 1.29 is 14.3 Å². The number of hydrogen-bond acceptors (Lipinski definition) is 4. The number of guanidine groups is 1. The van der Waals surface area contributed by atoms with E-state index in [2.05, 4.69) is 42.2 Å². The van der Waals surface area contributed by atoms with Gasteiger partial charge in [0.25, 0.3) is 5.91 Å². The normalized spacial score (nSPS) is 16.9. The van der Waals surface area contributed by atoms with Crippen LogP contribution in [0.5, 0.6) is 5.75 Å². The number of halogens is 2. The van der Waals surface area contributed by atoms with Gasteiger partial charge in [0.15, 0.2) is 5.96 Å². The predicted molar refractivity (Wildman–Crippen MR) is 107 cm³/mol. The number of aliphatic imine (C=N–C) groups is 1. The van der Waals surface area contributed by atoms with Gasteiger partial charge in [-0.2, -0.15) is 0 Å². The van der Waals surface area contributed by atoms with E-state index in [1.165, 1.54) is 6.20 Å². The van der Waals surface area contributed by atoms with Gasteiger partial charge in [0.05, 0.1) is 16.1 Å². The van der Waals surface area contributed by atoms with E-state index in [9.17, 15) is 9.59 Å². The average molecular weight is 489 g/mol. The second-order valence-electron chi connectivity index (χ2n) is 5.49. The van der Waals surface area contributed by atoms with Crippen LogP contribution < -0.4 is 21.5 Å². The first-order chi connectivity index (χ1) is 12.3. The molecule has 0 bridgehead atoms. The smallest absolute Gasteiger partial charge is 0.328 e. The molecule has 5 N–H and O–H groups in total. The number of imide groups is 1. The lowest BCUT2D eigenvalue weighted by Crippen LogP contribution is -2.29. The zero-order valence-corrected chi connectivity index (χ0v) is 17.2. The molecule has 1 aliphatic rings. The maximum absolute atomic E-state index is 12.4. The first-order valence-electron chi connectivity index (χ1n) is 7.73. The van der Waals surface area contributed by atoms with Gasteiger partial charge in [-0.25, -0.2) is 9.69 Å². The molecule has 26 heavy (non-hydrogen) atoms. The summed E-state index contributed by atoms with van der Waals surface area (Å²) < 4.78 is 6.75. The van der Waals surface area contributed by atoms with Crippen molar-refractivity contribution in [3.63, 3.8) is 0 Å². The van der Waals surface area contributed by atoms with Crippen LogP contribution in [0.2, 0.25) is 0 Å². The van der Waals surface area contributed by atoms with Crippen LogP contribution in [0.1, 0.15) is 18.4 Å². The molecule has 2 rings (SSSR count). The minimum absolute atomic E-state index is 0.00755. The number of carbonyl (C=O) groups is 2. The van der Waals surface area contributed by atoms with Crippen molar-refractivity contribution in [3.8, 4) is 5.75 Å². The Morgan fingerprint density at radius 2 is 2.00 bits per heavy atom. The van der Waals surface area contributed by atoms with E-state index in [-0.39, 0.29) is 11.9 Å². The molecule has 0 aliphatic carbocycles. The molecule has 3 amide bonds. The highest BCUT2D eigenvalue weighted by atomic mass is 79.9. The molecule has 1 heterocycles. The fraction of sp³-hybridized carbons (Fsp3) is 0.312. The molecule has 0 radical (unpaired) electrons. The number of methoxy groups -OCH3 is 1. The van der Waals surface area contributed by atoms with Gasteiger partial charge in [0.1, 0.15) is 11.8 Å². The fourth-order valence-corrected chi connectivity index (χ4v) is 3.97. The van der Waals surface area contributed by atoms with Gasteiger partial charge in [-0.3, -0.25) is 9.79 Å². The van der Waals surface area contributed by atoms with E-state index in [1.807, 2.05) is 12.1 Å². The minimum atomic E-state index is -0.573. The summed E-state index contributed by atoms with van der Waals surface area (Å²) in [5.41, 5.74) is 11.3. The van der Waals surface area contributed by atoms with Crippen molar-refractivity contribution in [2.45, 2.75) is 18.9 Å². The zero-order chi connectivity index (χ0) is 19.3. The Morgan fingerprint density at radius 1 is 1.35 bits per heavy atom. The van der Waals surface area contributed by atoms with Crippen molar-refractivity contribution in [3.05, 3.63) is 32.8 Å². The van der Waals surface area contributed by atoms with Gasteiger partial charge in [-0.1, -0.05) is 0 Å². The second kappa shape index (κ2) is 9.04. The van der Waals surface area contributed by atoms with Gasteiger partial charge in [0, 0.05) is 12.7 Å². The number of amides is 3. The van der Waals surface area contributed by atoms with Crippen molar-refractivity contribution >= 4 is 55.8 Å². The Kier molecular flexibility index (Phi) is 7.04. The van der Waals surface area contributed by atoms with E-state index >= 15 is 0 Å². The van der Waals surface area contributed by atoms with Crippen LogP contribution in [0.25, 0.3) is 6.08 Å². The number of nitrogens with one attached hydrogen (secondary N) is 1. The summed E-state index contributed by atoms with van der Waals surface area (Å²) in [4.78, 5) is 29.3. The van der Waals surface area contributed by atoms with E-state index in [4.69, 9.17) is 16.2 Å². The molecule has 1 saturated heterocycles. The number of urea groups is 1. The Bertz CT molecular complexity index is 739. The summed E-state index contributed by atoms with van der Waals surface area (Å²) in [5, 5.41) is 2.66. The van der Waals surface area contributed by atoms with Crippen LogP contribution in [0.15, 0.2) is 32.3 Å². The molecule has 1 atom stereocenters. The SMILES string of the molecule is COc1c(Br)cc(/C=C/N2C(=O)NC(CCCN=C(N)N)C2=O)cc1Br. The number of benzene rings is 1. The van der Waals surface area contributed by atoms with Crippen LogP contribution >= 0.6 is 31.9 Å². The van der Waals surface area contributed by atoms with Crippen molar-refractivity contribution in [2.75, 3.05) is 13.7 Å². The van der Waals surface area contributed by atoms with Gasteiger partial charge in [0.2, 0.25) is 0 Å². The molecule has 1 aromatic rings. The Labute approximate surface area is 167 Å². The minimum Gasteiger partial charge on any atom is -0.494 e. The second-order valence-corrected chi connectivity index (χ2v) is 7.20. The molecular weight excluding hydrogens is 470 g/mol. The van der Waals surface area contributed by atoms with Crippen molar-refractivity contribution in [1.29, 1.82) is 0 Å². The third-order valence-electron chi connectivity index (χ3n) is 3.64. The molecule has 1 aromatic carbocycles. The number of ether oxygens (including phenoxy) is 1. The molecule has 8 nitrogen and oxygen atoms in total. The number of hydrogen-bond donors (Lipinski definition) is 3. The summed E-state index contributed by atoms with van der Waals surface area (Å²) >= 11 is 6.83. The van der Waals surface area contributed by atoms with E-state index in [0.29, 0.717) is 25.1 Å². The quantitative estimate of drug-likeness (QED) is 0.235. The molecule has 1 aliphatic heterocycles. The summed E-state index contributed by atoms with van der Waals surface area (Å²) in [6.07, 6.45) is 4.18. The molecule has 140 valence electrons. The van der Waals surface area contributed by atoms with Crippen molar-refractivity contribution in [2.24, 2.45) is 16.5 Å². The summed E-state index contributed by atoms with van der Waals surface area (Å²) in [5.74, 6) is 0.369. The molecule has 0 aromatic heterocycles. The number of nitrogens with zero attached hydrogens (tertiary/aromatic N) is 2. The predicted octanol–water partition coefficient (Wildman–Crippen LogP) is 2.16. The highest BCUT2D eigenvalue weighted by Gasteiger charge is 2.36. The lowest BCUT2D eigenvalue weighted by Gasteiger charge is -2.09. The fourth-order valence-electron chi connectivity index (χ4n) is 2.42. The maximum Gasteiger partial charge on any atom is 0.328 e. The Balaban J connectivity index is 2.03. The maximum atomic E-state index is 12.4. The Hall–Kier alpha value is -2.07. The first kappa shape index (κ1) is 20.2. The molecular formula is C16H19Br2N5O3. The number of carbonyl (C=O) groups excluding carboxylic acids is 2. The van der Waals surface area contributed by atoms with Gasteiger partial charge < -0.3 is 21.5 Å². The third-order valence-corrected chi connectivity index (χ3v) is 4.82. The van der Waals surface area contributed by atoms with Crippen LogP contribution in [-0.4, -0.2) is 42.5 Å².